The molecule has 0 aliphatic rings. The van der Waals surface area contributed by atoms with E-state index >= 15 is 0 Å². The molecule has 3 aromatic rings. The fraction of sp³-hybridized carbons (Fsp3) is 0.200. The van der Waals surface area contributed by atoms with E-state index in [4.69, 9.17) is 10.00 Å². The number of nitrogens with zero attached hydrogens (tertiary/aromatic N) is 4. The number of halogens is 2. The van der Waals surface area contributed by atoms with Gasteiger partial charge in [-0.05, 0) is 64.6 Å². The van der Waals surface area contributed by atoms with E-state index in [1.165, 1.54) is 4.68 Å². The minimum atomic E-state index is -0.213. The van der Waals surface area contributed by atoms with Crippen LogP contribution in [0.15, 0.2) is 50.8 Å². The molecule has 0 aliphatic heterocycles. The Bertz CT molecular complexity index is 1170. The Hall–Kier alpha value is -2.25. The summed E-state index contributed by atoms with van der Waals surface area (Å²) in [7, 11) is 0. The fourth-order valence-electron chi connectivity index (χ4n) is 2.60. The van der Waals surface area contributed by atoms with Crippen LogP contribution in [0.4, 0.5) is 0 Å². The molecule has 0 bridgehead atoms. The largest absolute Gasteiger partial charge is 0.478 e. The standard InChI is InChI=1S/C20H16BrIN4O2/c1-12(2)19-25-17-5-4-14(21)10-15(17)20(27)26(19)24-11-13-3-6-18(16(22)9-13)28-8-7-23/h3-6,9-12H,8H2,1-2H3. The molecule has 0 fully saturated rings. The highest BCUT2D eigenvalue weighted by Crippen LogP contribution is 2.22. The van der Waals surface area contributed by atoms with Gasteiger partial charge in [0, 0.05) is 10.4 Å². The molecule has 0 saturated heterocycles. The molecule has 0 atom stereocenters. The van der Waals surface area contributed by atoms with Crippen LogP contribution in [0.5, 0.6) is 5.75 Å². The van der Waals surface area contributed by atoms with Gasteiger partial charge in [0.25, 0.3) is 5.56 Å². The first-order valence-electron chi connectivity index (χ1n) is 8.46. The predicted octanol–water partition coefficient (Wildman–Crippen LogP) is 4.67. The Balaban J connectivity index is 2.05. The van der Waals surface area contributed by atoms with Crippen molar-refractivity contribution in [3.8, 4) is 11.8 Å². The van der Waals surface area contributed by atoms with Crippen molar-refractivity contribution in [2.75, 3.05) is 6.61 Å². The predicted molar refractivity (Wildman–Crippen MR) is 121 cm³/mol. The summed E-state index contributed by atoms with van der Waals surface area (Å²) in [6.07, 6.45) is 1.62. The van der Waals surface area contributed by atoms with Crippen molar-refractivity contribution in [2.45, 2.75) is 19.8 Å². The molecule has 0 unspecified atom stereocenters. The Morgan fingerprint density at radius 1 is 1.36 bits per heavy atom. The van der Waals surface area contributed by atoms with Crippen LogP contribution in [0.25, 0.3) is 10.9 Å². The summed E-state index contributed by atoms with van der Waals surface area (Å²) in [5, 5.41) is 13.6. The van der Waals surface area contributed by atoms with Gasteiger partial charge in [-0.15, -0.1) is 0 Å². The third-order valence-electron chi connectivity index (χ3n) is 3.92. The first-order valence-corrected chi connectivity index (χ1v) is 10.3. The zero-order chi connectivity index (χ0) is 20.3. The first-order chi connectivity index (χ1) is 13.4. The molecule has 2 aromatic carbocycles. The molecule has 142 valence electrons. The Kier molecular flexibility index (Phi) is 6.46. The van der Waals surface area contributed by atoms with Crippen molar-refractivity contribution in [1.29, 1.82) is 5.26 Å². The Labute approximate surface area is 184 Å². The lowest BCUT2D eigenvalue weighted by molar-refractivity contribution is 0.365. The molecule has 0 aliphatic carbocycles. The van der Waals surface area contributed by atoms with Gasteiger partial charge in [0.2, 0.25) is 0 Å². The van der Waals surface area contributed by atoms with E-state index in [2.05, 4.69) is 48.6 Å². The maximum atomic E-state index is 13.0. The lowest BCUT2D eigenvalue weighted by Gasteiger charge is -2.12. The highest BCUT2D eigenvalue weighted by atomic mass is 127. The number of benzene rings is 2. The van der Waals surface area contributed by atoms with Crippen LogP contribution in [-0.2, 0) is 0 Å². The highest BCUT2D eigenvalue weighted by molar-refractivity contribution is 14.1. The highest BCUT2D eigenvalue weighted by Gasteiger charge is 2.13. The van der Waals surface area contributed by atoms with Crippen molar-refractivity contribution >= 4 is 55.6 Å². The topological polar surface area (TPSA) is 80.3 Å². The molecular formula is C20H16BrIN4O2. The maximum Gasteiger partial charge on any atom is 0.282 e. The third kappa shape index (κ3) is 4.42. The molecule has 0 N–H and O–H groups in total. The van der Waals surface area contributed by atoms with E-state index in [-0.39, 0.29) is 18.1 Å². The summed E-state index contributed by atoms with van der Waals surface area (Å²) in [6, 6.07) is 12.9. The summed E-state index contributed by atoms with van der Waals surface area (Å²) in [5.41, 5.74) is 1.25. The number of fused-ring (bicyclic) bond motifs is 1. The Morgan fingerprint density at radius 2 is 2.14 bits per heavy atom. The number of nitriles is 1. The smallest absolute Gasteiger partial charge is 0.282 e. The molecule has 0 saturated carbocycles. The normalized spacial score (nSPS) is 11.3. The molecule has 0 spiro atoms. The van der Waals surface area contributed by atoms with E-state index in [9.17, 15) is 4.79 Å². The Morgan fingerprint density at radius 3 is 2.82 bits per heavy atom. The van der Waals surface area contributed by atoms with Crippen LogP contribution in [-0.4, -0.2) is 22.5 Å². The second-order valence-electron chi connectivity index (χ2n) is 6.28. The number of aromatic nitrogens is 2. The number of ether oxygens (including phenoxy) is 1. The molecule has 1 aromatic heterocycles. The third-order valence-corrected chi connectivity index (χ3v) is 5.26. The molecule has 8 heteroatoms. The van der Waals surface area contributed by atoms with Gasteiger partial charge in [-0.2, -0.15) is 15.0 Å². The second-order valence-corrected chi connectivity index (χ2v) is 8.36. The molecule has 3 rings (SSSR count). The van der Waals surface area contributed by atoms with Gasteiger partial charge in [0.05, 0.1) is 20.7 Å². The average Bonchev–Trinajstić information content (AvgIpc) is 2.66. The minimum absolute atomic E-state index is 0.00506. The van der Waals surface area contributed by atoms with Crippen LogP contribution >= 0.6 is 38.5 Å². The minimum Gasteiger partial charge on any atom is -0.478 e. The number of rotatable bonds is 5. The van der Waals surface area contributed by atoms with Gasteiger partial charge in [-0.25, -0.2) is 4.98 Å². The summed E-state index contributed by atoms with van der Waals surface area (Å²) < 4.78 is 8.37. The van der Waals surface area contributed by atoms with E-state index in [0.29, 0.717) is 22.5 Å². The fourth-order valence-corrected chi connectivity index (χ4v) is 3.66. The molecular weight excluding hydrogens is 535 g/mol. The van der Waals surface area contributed by atoms with Crippen molar-refractivity contribution in [3.05, 3.63) is 66.2 Å². The van der Waals surface area contributed by atoms with Gasteiger partial charge in [0.15, 0.2) is 6.61 Å². The van der Waals surface area contributed by atoms with E-state index in [1.807, 2.05) is 44.2 Å². The first kappa shape index (κ1) is 20.5. The zero-order valence-electron chi connectivity index (χ0n) is 15.2. The van der Waals surface area contributed by atoms with Crippen molar-refractivity contribution in [3.63, 3.8) is 0 Å². The monoisotopic (exact) mass is 550 g/mol. The molecule has 28 heavy (non-hydrogen) atoms. The lowest BCUT2D eigenvalue weighted by atomic mass is 10.2. The van der Waals surface area contributed by atoms with Crippen LogP contribution in [0.2, 0.25) is 0 Å². The van der Waals surface area contributed by atoms with Gasteiger partial charge < -0.3 is 4.74 Å². The average molecular weight is 551 g/mol. The summed E-state index contributed by atoms with van der Waals surface area (Å²) in [6.45, 7) is 3.94. The van der Waals surface area contributed by atoms with E-state index in [0.717, 1.165) is 13.6 Å². The molecule has 0 radical (unpaired) electrons. The summed E-state index contributed by atoms with van der Waals surface area (Å²) in [5.74, 6) is 1.26. The summed E-state index contributed by atoms with van der Waals surface area (Å²) in [4.78, 5) is 17.6. The van der Waals surface area contributed by atoms with Crippen molar-refractivity contribution in [1.82, 2.24) is 9.66 Å². The van der Waals surface area contributed by atoms with Gasteiger partial charge in [-0.1, -0.05) is 29.8 Å². The number of hydrogen-bond donors (Lipinski definition) is 0. The maximum absolute atomic E-state index is 13.0. The van der Waals surface area contributed by atoms with Crippen LogP contribution in [0, 0.1) is 14.9 Å². The van der Waals surface area contributed by atoms with Crippen LogP contribution in [0.3, 0.4) is 0 Å². The zero-order valence-corrected chi connectivity index (χ0v) is 18.9. The lowest BCUT2D eigenvalue weighted by Crippen LogP contribution is -2.23. The van der Waals surface area contributed by atoms with Crippen LogP contribution < -0.4 is 10.3 Å². The summed E-state index contributed by atoms with van der Waals surface area (Å²) >= 11 is 5.54. The van der Waals surface area contributed by atoms with E-state index < -0.39 is 0 Å². The molecule has 1 heterocycles. The van der Waals surface area contributed by atoms with Gasteiger partial charge >= 0.3 is 0 Å². The van der Waals surface area contributed by atoms with Gasteiger partial charge in [-0.3, -0.25) is 4.79 Å². The van der Waals surface area contributed by atoms with Crippen LogP contribution in [0.1, 0.15) is 31.2 Å². The SMILES string of the molecule is CC(C)c1nc2ccc(Br)cc2c(=O)n1N=Cc1ccc(OCC#N)c(I)c1. The molecule has 6 nitrogen and oxygen atoms in total. The second kappa shape index (κ2) is 8.84. The van der Waals surface area contributed by atoms with Gasteiger partial charge in [0.1, 0.15) is 17.6 Å². The van der Waals surface area contributed by atoms with Crippen molar-refractivity contribution in [2.24, 2.45) is 5.10 Å². The number of hydrogen-bond acceptors (Lipinski definition) is 5. The van der Waals surface area contributed by atoms with E-state index in [1.54, 1.807) is 18.3 Å². The quantitative estimate of drug-likeness (QED) is 0.341. The van der Waals surface area contributed by atoms with Crippen molar-refractivity contribution < 1.29 is 4.74 Å². The molecule has 0 amide bonds.